The largest absolute Gasteiger partial charge is 0.344 e. The molecule has 1 heterocycles. The van der Waals surface area contributed by atoms with E-state index in [0.29, 0.717) is 23.3 Å². The second-order valence-electron chi connectivity index (χ2n) is 5.16. The Bertz CT molecular complexity index is 496. The third-order valence-electron chi connectivity index (χ3n) is 4.62. The number of hydrogen-bond acceptors (Lipinski definition) is 2. The van der Waals surface area contributed by atoms with E-state index in [1.54, 1.807) is 0 Å². The van der Waals surface area contributed by atoms with Crippen LogP contribution in [-0.4, -0.2) is 28.7 Å². The fraction of sp³-hybridized carbons (Fsp3) is 0.667. The molecule has 4 aliphatic rings. The van der Waals surface area contributed by atoms with Gasteiger partial charge < -0.3 is 9.47 Å². The monoisotopic (exact) mass is 326 g/mol. The van der Waals surface area contributed by atoms with Crippen molar-refractivity contribution in [3.63, 3.8) is 0 Å². The van der Waals surface area contributed by atoms with Gasteiger partial charge in [-0.1, -0.05) is 35.4 Å². The van der Waals surface area contributed by atoms with E-state index in [1.807, 2.05) is 0 Å². The Morgan fingerprint density at radius 2 is 1.67 bits per heavy atom. The highest BCUT2D eigenvalue weighted by Gasteiger charge is 2.85. The molecule has 1 spiro atoms. The number of alkyl halides is 2. The van der Waals surface area contributed by atoms with Gasteiger partial charge >= 0.3 is 0 Å². The smallest absolute Gasteiger partial charge is 0.218 e. The van der Waals surface area contributed by atoms with E-state index in [9.17, 15) is 0 Å². The molecule has 0 aromatic heterocycles. The Morgan fingerprint density at radius 1 is 1.06 bits per heavy atom. The van der Waals surface area contributed by atoms with Crippen LogP contribution in [0.4, 0.5) is 0 Å². The Labute approximate surface area is 125 Å². The van der Waals surface area contributed by atoms with Gasteiger partial charge in [0.15, 0.2) is 0 Å². The van der Waals surface area contributed by atoms with Gasteiger partial charge in [0.05, 0.1) is 23.3 Å². The molecular formula is C12H10Cl4O2. The van der Waals surface area contributed by atoms with E-state index in [1.165, 1.54) is 0 Å². The second kappa shape index (κ2) is 3.41. The second-order valence-corrected chi connectivity index (χ2v) is 7.11. The zero-order chi connectivity index (χ0) is 12.8. The van der Waals surface area contributed by atoms with Crippen LogP contribution in [0.1, 0.15) is 6.42 Å². The van der Waals surface area contributed by atoms with Crippen molar-refractivity contribution < 1.29 is 9.47 Å². The normalized spacial score (nSPS) is 51.8. The van der Waals surface area contributed by atoms with Crippen LogP contribution >= 0.6 is 46.4 Å². The van der Waals surface area contributed by atoms with Crippen molar-refractivity contribution in [3.05, 3.63) is 22.2 Å². The zero-order valence-corrected chi connectivity index (χ0v) is 12.3. The maximum Gasteiger partial charge on any atom is 0.218 e. The summed E-state index contributed by atoms with van der Waals surface area (Å²) in [5, 5.41) is 0.753. The van der Waals surface area contributed by atoms with Gasteiger partial charge in [0.2, 0.25) is 5.79 Å². The number of fused-ring (bicyclic) bond motifs is 3. The van der Waals surface area contributed by atoms with Crippen LogP contribution in [0.15, 0.2) is 22.2 Å². The van der Waals surface area contributed by atoms with Crippen LogP contribution in [0.3, 0.4) is 0 Å². The average Bonchev–Trinajstić information content (AvgIpc) is 3.06. The first kappa shape index (κ1) is 12.3. The van der Waals surface area contributed by atoms with E-state index < -0.39 is 15.5 Å². The molecule has 1 saturated carbocycles. The summed E-state index contributed by atoms with van der Waals surface area (Å²) >= 11 is 26.4. The van der Waals surface area contributed by atoms with Crippen LogP contribution in [-0.2, 0) is 9.47 Å². The van der Waals surface area contributed by atoms with Gasteiger partial charge in [-0.2, -0.15) is 0 Å². The number of rotatable bonds is 0. The predicted molar refractivity (Wildman–Crippen MR) is 71.3 cm³/mol. The zero-order valence-electron chi connectivity index (χ0n) is 9.26. The molecule has 2 fully saturated rings. The number of hydrogen-bond donors (Lipinski definition) is 0. The molecule has 1 aliphatic heterocycles. The summed E-state index contributed by atoms with van der Waals surface area (Å²) in [5.41, 5.74) is 0. The maximum atomic E-state index is 6.85. The number of ether oxygens (including phenoxy) is 2. The quantitative estimate of drug-likeness (QED) is 0.500. The van der Waals surface area contributed by atoms with Crippen molar-refractivity contribution in [1.29, 1.82) is 0 Å². The highest BCUT2D eigenvalue weighted by molar-refractivity contribution is 6.52. The van der Waals surface area contributed by atoms with Crippen molar-refractivity contribution in [1.82, 2.24) is 0 Å². The molecule has 0 N–H and O–H groups in total. The minimum absolute atomic E-state index is 0.00441. The lowest BCUT2D eigenvalue weighted by Gasteiger charge is -2.39. The predicted octanol–water partition coefficient (Wildman–Crippen LogP) is 3.59. The van der Waals surface area contributed by atoms with Gasteiger partial charge in [-0.3, -0.25) is 0 Å². The summed E-state index contributed by atoms with van der Waals surface area (Å²) in [6.07, 6.45) is 4.95. The maximum absolute atomic E-state index is 6.85. The van der Waals surface area contributed by atoms with Crippen LogP contribution in [0.2, 0.25) is 0 Å². The number of allylic oxidation sites excluding steroid dienone is 2. The van der Waals surface area contributed by atoms with Crippen LogP contribution in [0.25, 0.3) is 0 Å². The van der Waals surface area contributed by atoms with E-state index in [-0.39, 0.29) is 11.8 Å². The molecule has 0 aromatic carbocycles. The minimum atomic E-state index is -1.13. The standard InChI is InChI=1S/C12H10Cl4O2/c13-8-9(14)11(16)7-3-1-2-6(7)10(8,15)12(11)17-4-5-18-12/h1-2,6-7H,3-5H2. The molecule has 0 amide bonds. The van der Waals surface area contributed by atoms with Crippen LogP contribution in [0, 0.1) is 11.8 Å². The molecule has 98 valence electrons. The highest BCUT2D eigenvalue weighted by Crippen LogP contribution is 2.76. The summed E-state index contributed by atoms with van der Waals surface area (Å²) in [6.45, 7) is 0.918. The van der Waals surface area contributed by atoms with Crippen LogP contribution < -0.4 is 0 Å². The SMILES string of the molecule is ClC1=C(Cl)C2(Cl)C3CC=CC3C1(Cl)C21OCCO1. The van der Waals surface area contributed by atoms with Gasteiger partial charge in [0, 0.05) is 11.8 Å². The third kappa shape index (κ3) is 0.933. The fourth-order valence-electron chi connectivity index (χ4n) is 3.95. The molecular weight excluding hydrogens is 318 g/mol. The molecule has 4 unspecified atom stereocenters. The molecule has 18 heavy (non-hydrogen) atoms. The van der Waals surface area contributed by atoms with Crippen LogP contribution in [0.5, 0.6) is 0 Å². The molecule has 3 aliphatic carbocycles. The highest BCUT2D eigenvalue weighted by atomic mass is 35.5. The lowest BCUT2D eigenvalue weighted by atomic mass is 9.84. The van der Waals surface area contributed by atoms with Crippen molar-refractivity contribution in [2.45, 2.75) is 22.0 Å². The first-order chi connectivity index (χ1) is 8.50. The molecule has 0 radical (unpaired) electrons. The van der Waals surface area contributed by atoms with E-state index in [0.717, 1.165) is 6.42 Å². The molecule has 4 rings (SSSR count). The van der Waals surface area contributed by atoms with E-state index in [4.69, 9.17) is 55.9 Å². The summed E-state index contributed by atoms with van der Waals surface area (Å²) in [7, 11) is 0. The average molecular weight is 328 g/mol. The van der Waals surface area contributed by atoms with Crippen molar-refractivity contribution >= 4 is 46.4 Å². The van der Waals surface area contributed by atoms with Crippen molar-refractivity contribution in [2.24, 2.45) is 11.8 Å². The molecule has 2 bridgehead atoms. The summed E-state index contributed by atoms with van der Waals surface area (Å²) in [5.74, 6) is -1.05. The Kier molecular flexibility index (Phi) is 2.33. The Balaban J connectivity index is 2.02. The molecule has 4 atom stereocenters. The summed E-state index contributed by atoms with van der Waals surface area (Å²) < 4.78 is 11.7. The summed E-state index contributed by atoms with van der Waals surface area (Å²) in [4.78, 5) is -1.97. The first-order valence-corrected chi connectivity index (χ1v) is 7.40. The minimum Gasteiger partial charge on any atom is -0.344 e. The molecule has 6 heteroatoms. The van der Waals surface area contributed by atoms with Gasteiger partial charge in [0.1, 0.15) is 9.75 Å². The lowest BCUT2D eigenvalue weighted by Crippen LogP contribution is -2.55. The van der Waals surface area contributed by atoms with Gasteiger partial charge in [-0.15, -0.1) is 23.2 Å². The Morgan fingerprint density at radius 3 is 2.33 bits per heavy atom. The van der Waals surface area contributed by atoms with E-state index >= 15 is 0 Å². The number of halogens is 4. The topological polar surface area (TPSA) is 18.5 Å². The van der Waals surface area contributed by atoms with Gasteiger partial charge in [0.25, 0.3) is 0 Å². The molecule has 0 aromatic rings. The lowest BCUT2D eigenvalue weighted by molar-refractivity contribution is -0.172. The van der Waals surface area contributed by atoms with Crippen molar-refractivity contribution in [2.75, 3.05) is 13.2 Å². The fourth-order valence-corrected chi connectivity index (χ4v) is 6.06. The molecule has 2 nitrogen and oxygen atoms in total. The van der Waals surface area contributed by atoms with Crippen molar-refractivity contribution in [3.8, 4) is 0 Å². The van der Waals surface area contributed by atoms with Gasteiger partial charge in [-0.25, -0.2) is 0 Å². The third-order valence-corrected chi connectivity index (χ3v) is 7.29. The summed E-state index contributed by atoms with van der Waals surface area (Å²) in [6, 6.07) is 0. The first-order valence-electron chi connectivity index (χ1n) is 5.89. The van der Waals surface area contributed by atoms with E-state index in [2.05, 4.69) is 12.2 Å². The Hall–Kier alpha value is 0.560. The van der Waals surface area contributed by atoms with Gasteiger partial charge in [-0.05, 0) is 6.42 Å². The molecule has 1 saturated heterocycles.